The topological polar surface area (TPSA) is 130 Å². The molecule has 1 atom stereocenters. The van der Waals surface area contributed by atoms with Gasteiger partial charge in [0.1, 0.15) is 29.1 Å². The number of methoxy groups -OCH3 is 1. The highest BCUT2D eigenvalue weighted by molar-refractivity contribution is 5.93. The lowest BCUT2D eigenvalue weighted by atomic mass is 10.1. The molecule has 4 heterocycles. The Morgan fingerprint density at radius 3 is 2.82 bits per heavy atom. The molecule has 39 heavy (non-hydrogen) atoms. The minimum atomic E-state index is -0.331. The number of aromatic amines is 1. The number of rotatable bonds is 6. The van der Waals surface area contributed by atoms with Gasteiger partial charge in [-0.1, -0.05) is 36.4 Å². The van der Waals surface area contributed by atoms with Crippen molar-refractivity contribution < 1.29 is 14.4 Å². The standard InChI is InChI=1S/C28H26N8O3/c1-17-8-9-19(34-28(37)36-23(10-11-39-36)18-6-4-3-5-7-18)12-22(17)35-26-21(13-20(38-2)14-29-26)24-25-27(32-15-30-24)33-16-31-25/h3-9,12-16,23H,10-11H2,1-2H3,(H,29,35)(H,34,37)(H,30,31,32,33)/t23-/m1/s1. The zero-order valence-electron chi connectivity index (χ0n) is 21.4. The summed E-state index contributed by atoms with van der Waals surface area (Å²) >= 11 is 0. The summed E-state index contributed by atoms with van der Waals surface area (Å²) in [4.78, 5) is 39.5. The summed E-state index contributed by atoms with van der Waals surface area (Å²) in [6.07, 6.45) is 5.40. The molecule has 0 unspecified atom stereocenters. The van der Waals surface area contributed by atoms with Crippen LogP contribution in [-0.2, 0) is 4.84 Å². The maximum atomic E-state index is 13.2. The fraction of sp³-hybridized carbons (Fsp3) is 0.179. The number of pyridine rings is 1. The van der Waals surface area contributed by atoms with E-state index in [1.165, 1.54) is 11.4 Å². The largest absolute Gasteiger partial charge is 0.495 e. The molecule has 11 nitrogen and oxygen atoms in total. The number of urea groups is 1. The first kappa shape index (κ1) is 24.3. The van der Waals surface area contributed by atoms with Crippen LogP contribution in [0.4, 0.5) is 22.0 Å². The van der Waals surface area contributed by atoms with Crippen molar-refractivity contribution in [3.63, 3.8) is 0 Å². The van der Waals surface area contributed by atoms with Crippen LogP contribution in [0.5, 0.6) is 5.75 Å². The van der Waals surface area contributed by atoms with E-state index in [-0.39, 0.29) is 12.1 Å². The van der Waals surface area contributed by atoms with Gasteiger partial charge in [0.05, 0.1) is 32.3 Å². The monoisotopic (exact) mass is 522 g/mol. The van der Waals surface area contributed by atoms with Gasteiger partial charge < -0.3 is 20.4 Å². The van der Waals surface area contributed by atoms with Gasteiger partial charge in [-0.3, -0.25) is 4.84 Å². The highest BCUT2D eigenvalue weighted by atomic mass is 16.7. The van der Waals surface area contributed by atoms with Crippen LogP contribution in [0.15, 0.2) is 73.4 Å². The smallest absolute Gasteiger partial charge is 0.346 e. The Morgan fingerprint density at radius 1 is 1.10 bits per heavy atom. The van der Waals surface area contributed by atoms with Crippen LogP contribution in [0, 0.1) is 6.92 Å². The number of imidazole rings is 1. The highest BCUT2D eigenvalue weighted by Crippen LogP contribution is 2.35. The van der Waals surface area contributed by atoms with Gasteiger partial charge >= 0.3 is 6.03 Å². The maximum absolute atomic E-state index is 13.2. The molecule has 0 bridgehead atoms. The molecule has 0 aliphatic carbocycles. The molecular formula is C28H26N8O3. The summed E-state index contributed by atoms with van der Waals surface area (Å²) in [6, 6.07) is 16.9. The average molecular weight is 523 g/mol. The van der Waals surface area contributed by atoms with Crippen LogP contribution in [0.25, 0.3) is 22.4 Å². The van der Waals surface area contributed by atoms with Crippen molar-refractivity contribution in [3.05, 3.63) is 84.6 Å². The fourth-order valence-corrected chi connectivity index (χ4v) is 4.59. The second-order valence-corrected chi connectivity index (χ2v) is 9.05. The van der Waals surface area contributed by atoms with Crippen LogP contribution >= 0.6 is 0 Å². The Labute approximate surface area is 224 Å². The highest BCUT2D eigenvalue weighted by Gasteiger charge is 2.31. The molecular weight excluding hydrogens is 496 g/mol. The van der Waals surface area contributed by atoms with Gasteiger partial charge in [-0.2, -0.15) is 5.06 Å². The summed E-state index contributed by atoms with van der Waals surface area (Å²) in [6.45, 7) is 2.45. The lowest BCUT2D eigenvalue weighted by molar-refractivity contribution is -0.0829. The maximum Gasteiger partial charge on any atom is 0.346 e. The summed E-state index contributed by atoms with van der Waals surface area (Å²) in [7, 11) is 1.59. The second-order valence-electron chi connectivity index (χ2n) is 9.05. The van der Waals surface area contributed by atoms with Crippen LogP contribution < -0.4 is 15.4 Å². The lowest BCUT2D eigenvalue weighted by Crippen LogP contribution is -2.33. The van der Waals surface area contributed by atoms with Crippen molar-refractivity contribution in [1.82, 2.24) is 30.0 Å². The van der Waals surface area contributed by atoms with Gasteiger partial charge in [0, 0.05) is 23.4 Å². The molecule has 1 aliphatic heterocycles. The molecule has 0 saturated carbocycles. The van der Waals surface area contributed by atoms with Crippen molar-refractivity contribution in [1.29, 1.82) is 0 Å². The van der Waals surface area contributed by atoms with Crippen LogP contribution in [0.1, 0.15) is 23.6 Å². The molecule has 3 N–H and O–H groups in total. The number of fused-ring (bicyclic) bond motifs is 1. The van der Waals surface area contributed by atoms with Crippen molar-refractivity contribution in [2.75, 3.05) is 24.4 Å². The number of hydrogen-bond donors (Lipinski definition) is 3. The third-order valence-electron chi connectivity index (χ3n) is 6.61. The van der Waals surface area contributed by atoms with Crippen molar-refractivity contribution in [2.45, 2.75) is 19.4 Å². The number of amides is 2. The Bertz CT molecular complexity index is 1640. The molecule has 0 radical (unpaired) electrons. The molecule has 2 aromatic carbocycles. The summed E-state index contributed by atoms with van der Waals surface area (Å²) in [5, 5.41) is 7.79. The third kappa shape index (κ3) is 4.82. The quantitative estimate of drug-likeness (QED) is 0.271. The number of nitrogens with one attached hydrogen (secondary N) is 3. The van der Waals surface area contributed by atoms with Crippen LogP contribution in [0.3, 0.4) is 0 Å². The van der Waals surface area contributed by atoms with Gasteiger partial charge in [-0.05, 0) is 36.2 Å². The summed E-state index contributed by atoms with van der Waals surface area (Å²) < 4.78 is 5.43. The van der Waals surface area contributed by atoms with Gasteiger partial charge in [-0.15, -0.1) is 0 Å². The fourth-order valence-electron chi connectivity index (χ4n) is 4.59. The Morgan fingerprint density at radius 2 is 1.97 bits per heavy atom. The van der Waals surface area contributed by atoms with Gasteiger partial charge in [0.25, 0.3) is 0 Å². The number of anilines is 3. The molecule has 1 fully saturated rings. The SMILES string of the molecule is COc1cnc(Nc2cc(NC(=O)N3OCC[C@@H]3c3ccccc3)ccc2C)c(-c2ncnc3nc[nH]c23)c1. The molecule has 1 saturated heterocycles. The zero-order valence-corrected chi connectivity index (χ0v) is 21.4. The lowest BCUT2D eigenvalue weighted by Gasteiger charge is -2.23. The van der Waals surface area contributed by atoms with E-state index in [4.69, 9.17) is 9.57 Å². The first-order valence-corrected chi connectivity index (χ1v) is 12.4. The normalized spacial score (nSPS) is 14.9. The Balaban J connectivity index is 1.28. The number of carbonyl (C=O) groups is 1. The van der Waals surface area contributed by atoms with Crippen LogP contribution in [0.2, 0.25) is 0 Å². The number of hydroxylamine groups is 2. The number of H-pyrrole nitrogens is 1. The molecule has 196 valence electrons. The molecule has 11 heteroatoms. The predicted molar refractivity (Wildman–Crippen MR) is 147 cm³/mol. The Hall–Kier alpha value is -5.03. The van der Waals surface area contributed by atoms with E-state index in [2.05, 4.69) is 35.6 Å². The van der Waals surface area contributed by atoms with Gasteiger partial charge in [0.15, 0.2) is 5.65 Å². The predicted octanol–water partition coefficient (Wildman–Crippen LogP) is 5.39. The van der Waals surface area contributed by atoms with E-state index < -0.39 is 0 Å². The molecule has 1 aliphatic rings. The minimum Gasteiger partial charge on any atom is -0.495 e. The first-order valence-electron chi connectivity index (χ1n) is 12.4. The van der Waals surface area contributed by atoms with Crippen molar-refractivity contribution in [3.8, 4) is 17.0 Å². The van der Waals surface area contributed by atoms with E-state index in [1.807, 2.05) is 61.5 Å². The number of ether oxygens (including phenoxy) is 1. The van der Waals surface area contributed by atoms with Crippen LogP contribution in [-0.4, -0.2) is 49.7 Å². The van der Waals surface area contributed by atoms with E-state index in [0.29, 0.717) is 46.3 Å². The van der Waals surface area contributed by atoms with E-state index in [1.54, 1.807) is 19.6 Å². The first-order chi connectivity index (χ1) is 19.1. The number of nitrogens with zero attached hydrogens (tertiary/aromatic N) is 5. The van der Waals surface area contributed by atoms with Gasteiger partial charge in [0.2, 0.25) is 0 Å². The van der Waals surface area contributed by atoms with E-state index in [9.17, 15) is 4.79 Å². The number of aryl methyl sites for hydroxylation is 1. The molecule has 0 spiro atoms. The summed E-state index contributed by atoms with van der Waals surface area (Å²) in [5.74, 6) is 1.14. The number of carbonyl (C=O) groups excluding carboxylic acids is 1. The molecule has 3 aromatic heterocycles. The minimum absolute atomic E-state index is 0.146. The number of aromatic nitrogens is 5. The zero-order chi connectivity index (χ0) is 26.8. The third-order valence-corrected chi connectivity index (χ3v) is 6.61. The van der Waals surface area contributed by atoms with E-state index >= 15 is 0 Å². The second kappa shape index (κ2) is 10.4. The molecule has 2 amide bonds. The van der Waals surface area contributed by atoms with E-state index in [0.717, 1.165) is 23.2 Å². The Kier molecular flexibility index (Phi) is 6.47. The summed E-state index contributed by atoms with van der Waals surface area (Å²) in [5.41, 5.74) is 5.95. The van der Waals surface area contributed by atoms with Crippen molar-refractivity contribution >= 4 is 34.4 Å². The van der Waals surface area contributed by atoms with Gasteiger partial charge in [-0.25, -0.2) is 24.7 Å². The molecule has 6 rings (SSSR count). The van der Waals surface area contributed by atoms with Crippen molar-refractivity contribution in [2.24, 2.45) is 0 Å². The number of benzene rings is 2. The number of hydrogen-bond acceptors (Lipinski definition) is 8. The average Bonchev–Trinajstić information content (AvgIpc) is 3.66. The molecule has 5 aromatic rings.